The third-order valence-corrected chi connectivity index (χ3v) is 5.23. The summed E-state index contributed by atoms with van der Waals surface area (Å²) >= 11 is 0. The van der Waals surface area contributed by atoms with Gasteiger partial charge in [0.25, 0.3) is 5.91 Å². The number of rotatable bonds is 5. The highest BCUT2D eigenvalue weighted by atomic mass is 32.2. The molecule has 0 aliphatic carbocycles. The highest BCUT2D eigenvalue weighted by molar-refractivity contribution is 7.89. The van der Waals surface area contributed by atoms with Gasteiger partial charge in [0.05, 0.1) is 10.5 Å². The molecule has 2 N–H and O–H groups in total. The van der Waals surface area contributed by atoms with Crippen LogP contribution in [0.5, 0.6) is 5.75 Å². The molecule has 0 heterocycles. The van der Waals surface area contributed by atoms with E-state index in [4.69, 9.17) is 0 Å². The first-order chi connectivity index (χ1) is 10.8. The number of sulfonamides is 1. The van der Waals surface area contributed by atoms with Gasteiger partial charge in [0.2, 0.25) is 10.0 Å². The number of carbonyl (C=O) groups is 1. The molecule has 0 aliphatic heterocycles. The van der Waals surface area contributed by atoms with Crippen LogP contribution in [0.2, 0.25) is 0 Å². The summed E-state index contributed by atoms with van der Waals surface area (Å²) in [6, 6.07) is 12.6. The van der Waals surface area contributed by atoms with Crippen LogP contribution in [-0.4, -0.2) is 37.8 Å². The van der Waals surface area contributed by atoms with Crippen LogP contribution >= 0.6 is 0 Å². The Morgan fingerprint density at radius 3 is 2.35 bits per heavy atom. The number of carbonyl (C=O) groups excluding carboxylic acids is 1. The predicted octanol–water partition coefficient (Wildman–Crippen LogP) is 1.57. The van der Waals surface area contributed by atoms with Crippen molar-refractivity contribution >= 4 is 15.9 Å². The molecular weight excluding hydrogens is 316 g/mol. The number of phenolic OH excluding ortho intramolecular Hbond substituents is 1. The lowest BCUT2D eigenvalue weighted by Crippen LogP contribution is -2.27. The van der Waals surface area contributed by atoms with E-state index in [0.717, 1.165) is 4.31 Å². The molecule has 0 radical (unpaired) electrons. The molecule has 0 aromatic heterocycles. The van der Waals surface area contributed by atoms with Gasteiger partial charge in [0, 0.05) is 20.6 Å². The molecule has 122 valence electrons. The van der Waals surface area contributed by atoms with Crippen LogP contribution in [0.4, 0.5) is 0 Å². The zero-order valence-corrected chi connectivity index (χ0v) is 13.7. The SMILES string of the molecule is CN(C)S(=O)(=O)c1ccccc1CNC(=O)c1ccccc1O. The van der Waals surface area contributed by atoms with Gasteiger partial charge in [-0.1, -0.05) is 30.3 Å². The van der Waals surface area contributed by atoms with E-state index in [-0.39, 0.29) is 22.8 Å². The highest BCUT2D eigenvalue weighted by Crippen LogP contribution is 2.19. The second-order valence-corrected chi connectivity index (χ2v) is 7.22. The number of hydrogen-bond acceptors (Lipinski definition) is 4. The first-order valence-electron chi connectivity index (χ1n) is 6.90. The van der Waals surface area contributed by atoms with Gasteiger partial charge < -0.3 is 10.4 Å². The summed E-state index contributed by atoms with van der Waals surface area (Å²) in [5.74, 6) is -0.598. The van der Waals surface area contributed by atoms with E-state index >= 15 is 0 Å². The number of phenols is 1. The Morgan fingerprint density at radius 2 is 1.70 bits per heavy atom. The third-order valence-electron chi connectivity index (χ3n) is 3.32. The smallest absolute Gasteiger partial charge is 0.255 e. The van der Waals surface area contributed by atoms with Crippen molar-refractivity contribution in [2.24, 2.45) is 0 Å². The fourth-order valence-corrected chi connectivity index (χ4v) is 3.15. The van der Waals surface area contributed by atoms with Crippen molar-refractivity contribution in [1.82, 2.24) is 9.62 Å². The standard InChI is InChI=1S/C16H18N2O4S/c1-18(2)23(21,22)15-10-6-3-7-12(15)11-17-16(20)13-8-4-5-9-14(13)19/h3-10,19H,11H2,1-2H3,(H,17,20). The summed E-state index contributed by atoms with van der Waals surface area (Å²) in [7, 11) is -0.693. The lowest BCUT2D eigenvalue weighted by atomic mass is 10.1. The summed E-state index contributed by atoms with van der Waals surface area (Å²) in [6.07, 6.45) is 0. The quantitative estimate of drug-likeness (QED) is 0.869. The molecule has 1 amide bonds. The van der Waals surface area contributed by atoms with E-state index in [0.29, 0.717) is 5.56 Å². The molecule has 2 rings (SSSR count). The molecule has 2 aromatic rings. The molecule has 7 heteroatoms. The van der Waals surface area contributed by atoms with Crippen LogP contribution in [0.25, 0.3) is 0 Å². The van der Waals surface area contributed by atoms with E-state index < -0.39 is 15.9 Å². The topological polar surface area (TPSA) is 86.7 Å². The Kier molecular flexibility index (Phi) is 5.02. The van der Waals surface area contributed by atoms with Crippen molar-refractivity contribution in [3.8, 4) is 5.75 Å². The zero-order valence-electron chi connectivity index (χ0n) is 12.9. The van der Waals surface area contributed by atoms with E-state index in [1.165, 1.54) is 32.3 Å². The van der Waals surface area contributed by atoms with E-state index in [1.54, 1.807) is 30.3 Å². The van der Waals surface area contributed by atoms with Crippen LogP contribution in [0.1, 0.15) is 15.9 Å². The number of para-hydroxylation sites is 1. The largest absolute Gasteiger partial charge is 0.507 e. The van der Waals surface area contributed by atoms with Gasteiger partial charge in [-0.2, -0.15) is 0 Å². The van der Waals surface area contributed by atoms with Crippen molar-refractivity contribution in [3.63, 3.8) is 0 Å². The Balaban J connectivity index is 2.23. The normalized spacial score (nSPS) is 11.4. The van der Waals surface area contributed by atoms with Crippen molar-refractivity contribution in [2.45, 2.75) is 11.4 Å². The molecule has 0 bridgehead atoms. The summed E-state index contributed by atoms with van der Waals surface area (Å²) in [4.78, 5) is 12.2. The maximum atomic E-state index is 12.3. The molecule has 0 atom stereocenters. The molecule has 0 aliphatic rings. The number of benzene rings is 2. The average molecular weight is 334 g/mol. The molecule has 0 spiro atoms. The van der Waals surface area contributed by atoms with Gasteiger partial charge in [0.1, 0.15) is 5.75 Å². The maximum Gasteiger partial charge on any atom is 0.255 e. The fraction of sp³-hybridized carbons (Fsp3) is 0.188. The van der Waals surface area contributed by atoms with E-state index in [9.17, 15) is 18.3 Å². The van der Waals surface area contributed by atoms with Gasteiger partial charge >= 0.3 is 0 Å². The second-order valence-electron chi connectivity index (χ2n) is 5.09. The number of hydrogen-bond donors (Lipinski definition) is 2. The van der Waals surface area contributed by atoms with Crippen molar-refractivity contribution in [1.29, 1.82) is 0 Å². The molecule has 0 unspecified atom stereocenters. The fourth-order valence-electron chi connectivity index (χ4n) is 2.03. The lowest BCUT2D eigenvalue weighted by Gasteiger charge is -2.15. The van der Waals surface area contributed by atoms with Crippen molar-refractivity contribution in [3.05, 3.63) is 59.7 Å². The Labute approximate surface area is 135 Å². The summed E-state index contributed by atoms with van der Waals surface area (Å²) in [5.41, 5.74) is 0.616. The van der Waals surface area contributed by atoms with Crippen LogP contribution in [0, 0.1) is 0 Å². The van der Waals surface area contributed by atoms with Crippen molar-refractivity contribution < 1.29 is 18.3 Å². The molecule has 2 aromatic carbocycles. The van der Waals surface area contributed by atoms with Crippen LogP contribution in [0.15, 0.2) is 53.4 Å². The minimum atomic E-state index is -3.60. The summed E-state index contributed by atoms with van der Waals surface area (Å²) in [6.45, 7) is 0.0381. The minimum Gasteiger partial charge on any atom is -0.507 e. The summed E-state index contributed by atoms with van der Waals surface area (Å²) in [5, 5.41) is 12.3. The highest BCUT2D eigenvalue weighted by Gasteiger charge is 2.21. The Bertz CT molecular complexity index is 816. The van der Waals surface area contributed by atoms with Crippen LogP contribution in [-0.2, 0) is 16.6 Å². The third kappa shape index (κ3) is 3.69. The first kappa shape index (κ1) is 17.0. The number of amides is 1. The van der Waals surface area contributed by atoms with Crippen LogP contribution < -0.4 is 5.32 Å². The number of aromatic hydroxyl groups is 1. The van der Waals surface area contributed by atoms with E-state index in [2.05, 4.69) is 5.32 Å². The molecular formula is C16H18N2O4S. The lowest BCUT2D eigenvalue weighted by molar-refractivity contribution is 0.0948. The zero-order chi connectivity index (χ0) is 17.0. The summed E-state index contributed by atoms with van der Waals surface area (Å²) < 4.78 is 25.7. The second kappa shape index (κ2) is 6.80. The number of nitrogens with zero attached hydrogens (tertiary/aromatic N) is 1. The monoisotopic (exact) mass is 334 g/mol. The number of nitrogens with one attached hydrogen (secondary N) is 1. The molecule has 0 saturated carbocycles. The van der Waals surface area contributed by atoms with Gasteiger partial charge in [0.15, 0.2) is 0 Å². The van der Waals surface area contributed by atoms with Gasteiger partial charge in [-0.15, -0.1) is 0 Å². The van der Waals surface area contributed by atoms with Crippen LogP contribution in [0.3, 0.4) is 0 Å². The average Bonchev–Trinajstić information content (AvgIpc) is 2.53. The maximum absolute atomic E-state index is 12.3. The molecule has 23 heavy (non-hydrogen) atoms. The molecule has 0 saturated heterocycles. The molecule has 6 nitrogen and oxygen atoms in total. The Hall–Kier alpha value is -2.38. The molecule has 0 fully saturated rings. The van der Waals surface area contributed by atoms with Gasteiger partial charge in [-0.3, -0.25) is 4.79 Å². The first-order valence-corrected chi connectivity index (χ1v) is 8.34. The van der Waals surface area contributed by atoms with Crippen molar-refractivity contribution in [2.75, 3.05) is 14.1 Å². The Morgan fingerprint density at radius 1 is 1.09 bits per heavy atom. The van der Waals surface area contributed by atoms with E-state index in [1.807, 2.05) is 0 Å². The van der Waals surface area contributed by atoms with Gasteiger partial charge in [-0.25, -0.2) is 12.7 Å². The van der Waals surface area contributed by atoms with Gasteiger partial charge in [-0.05, 0) is 23.8 Å². The predicted molar refractivity (Wildman–Crippen MR) is 86.6 cm³/mol. The minimum absolute atomic E-state index is 0.0381.